The maximum atomic E-state index is 6.10. The van der Waals surface area contributed by atoms with Crippen LogP contribution in [0.2, 0.25) is 0 Å². The van der Waals surface area contributed by atoms with Gasteiger partial charge in [0.25, 0.3) is 0 Å². The lowest BCUT2D eigenvalue weighted by Gasteiger charge is -2.28. The molecule has 1 aromatic heterocycles. The molecule has 1 saturated carbocycles. The van der Waals surface area contributed by atoms with E-state index in [1.165, 1.54) is 31.4 Å². The lowest BCUT2D eigenvalue weighted by atomic mass is 9.79. The molecule has 1 atom stereocenters. The molecular weight excluding hydrogens is 244 g/mol. The Kier molecular flexibility index (Phi) is 4.37. The number of aromatic nitrogens is 2. The second-order valence-electron chi connectivity index (χ2n) is 6.65. The van der Waals surface area contributed by atoms with Crippen LogP contribution in [0.4, 0.5) is 0 Å². The van der Waals surface area contributed by atoms with E-state index in [9.17, 15) is 0 Å². The van der Waals surface area contributed by atoms with Crippen LogP contribution in [0, 0.1) is 11.3 Å². The van der Waals surface area contributed by atoms with Crippen LogP contribution in [0.1, 0.15) is 58.2 Å². The Bertz CT molecular complexity index is 372. The van der Waals surface area contributed by atoms with Crippen LogP contribution >= 0.6 is 11.6 Å². The molecule has 2 nitrogen and oxygen atoms in total. The van der Waals surface area contributed by atoms with Crippen molar-refractivity contribution in [3.63, 3.8) is 0 Å². The van der Waals surface area contributed by atoms with Crippen molar-refractivity contribution < 1.29 is 0 Å². The highest BCUT2D eigenvalue weighted by Gasteiger charge is 2.25. The standard InChI is InChI=1S/C15H25ClN2/c1-15(2,3)12(11-16)10-13-8-9-18(17-13)14-6-4-5-7-14/h8-9,12,14H,4-7,10-11H2,1-3H3. The van der Waals surface area contributed by atoms with Crippen LogP contribution in [0.3, 0.4) is 0 Å². The van der Waals surface area contributed by atoms with Gasteiger partial charge in [-0.2, -0.15) is 5.10 Å². The molecule has 1 aliphatic carbocycles. The summed E-state index contributed by atoms with van der Waals surface area (Å²) < 4.78 is 2.18. The van der Waals surface area contributed by atoms with Gasteiger partial charge in [0.15, 0.2) is 0 Å². The van der Waals surface area contributed by atoms with E-state index in [2.05, 4.69) is 37.7 Å². The highest BCUT2D eigenvalue weighted by Crippen LogP contribution is 2.31. The Morgan fingerprint density at radius 2 is 2.06 bits per heavy atom. The molecule has 2 rings (SSSR count). The minimum atomic E-state index is 0.249. The number of hydrogen-bond donors (Lipinski definition) is 0. The largest absolute Gasteiger partial charge is 0.269 e. The quantitative estimate of drug-likeness (QED) is 0.738. The number of nitrogens with zero attached hydrogens (tertiary/aromatic N) is 2. The van der Waals surface area contributed by atoms with Gasteiger partial charge in [-0.25, -0.2) is 0 Å². The third-order valence-corrected chi connectivity index (χ3v) is 4.60. The molecule has 0 radical (unpaired) electrons. The number of hydrogen-bond acceptors (Lipinski definition) is 1. The summed E-state index contributed by atoms with van der Waals surface area (Å²) in [6.45, 7) is 6.77. The Balaban J connectivity index is 2.01. The van der Waals surface area contributed by atoms with Gasteiger partial charge < -0.3 is 0 Å². The molecule has 18 heavy (non-hydrogen) atoms. The fourth-order valence-electron chi connectivity index (χ4n) is 2.70. The minimum Gasteiger partial charge on any atom is -0.269 e. The third-order valence-electron chi connectivity index (χ3n) is 4.23. The molecule has 1 heterocycles. The summed E-state index contributed by atoms with van der Waals surface area (Å²) >= 11 is 6.10. The summed E-state index contributed by atoms with van der Waals surface area (Å²) in [6, 6.07) is 2.81. The monoisotopic (exact) mass is 268 g/mol. The predicted molar refractivity (Wildman–Crippen MR) is 77.1 cm³/mol. The Morgan fingerprint density at radius 1 is 1.39 bits per heavy atom. The van der Waals surface area contributed by atoms with Gasteiger partial charge in [-0.15, -0.1) is 11.6 Å². The molecule has 102 valence electrons. The van der Waals surface area contributed by atoms with Crippen LogP contribution in [0.25, 0.3) is 0 Å². The zero-order valence-corrected chi connectivity index (χ0v) is 12.6. The fraction of sp³-hybridized carbons (Fsp3) is 0.800. The van der Waals surface area contributed by atoms with Crippen molar-refractivity contribution in [2.24, 2.45) is 11.3 Å². The van der Waals surface area contributed by atoms with Gasteiger partial charge in [-0.1, -0.05) is 33.6 Å². The predicted octanol–water partition coefficient (Wildman–Crippen LogP) is 4.44. The van der Waals surface area contributed by atoms with Gasteiger partial charge in [0, 0.05) is 12.1 Å². The SMILES string of the molecule is CC(C)(C)C(CCl)Cc1ccn(C2CCCC2)n1. The molecule has 0 aliphatic heterocycles. The van der Waals surface area contributed by atoms with Crippen LogP contribution in [0.15, 0.2) is 12.3 Å². The second kappa shape index (κ2) is 5.64. The maximum Gasteiger partial charge on any atom is 0.0628 e. The third kappa shape index (κ3) is 3.28. The highest BCUT2D eigenvalue weighted by atomic mass is 35.5. The van der Waals surface area contributed by atoms with Crippen molar-refractivity contribution in [2.45, 2.75) is 58.9 Å². The number of alkyl halides is 1. The van der Waals surface area contributed by atoms with Crippen LogP contribution < -0.4 is 0 Å². The minimum absolute atomic E-state index is 0.249. The van der Waals surface area contributed by atoms with Crippen molar-refractivity contribution in [1.82, 2.24) is 9.78 Å². The van der Waals surface area contributed by atoms with Gasteiger partial charge in [0.1, 0.15) is 0 Å². The van der Waals surface area contributed by atoms with E-state index in [4.69, 9.17) is 16.7 Å². The van der Waals surface area contributed by atoms with Crippen LogP contribution in [0.5, 0.6) is 0 Å². The van der Waals surface area contributed by atoms with E-state index in [-0.39, 0.29) is 5.41 Å². The average molecular weight is 269 g/mol. The van der Waals surface area contributed by atoms with Crippen molar-refractivity contribution >= 4 is 11.6 Å². The first-order valence-corrected chi connectivity index (χ1v) is 7.64. The van der Waals surface area contributed by atoms with E-state index in [1.807, 2.05) is 0 Å². The summed E-state index contributed by atoms with van der Waals surface area (Å²) in [5.41, 5.74) is 1.45. The van der Waals surface area contributed by atoms with Crippen molar-refractivity contribution in [2.75, 3.05) is 5.88 Å². The highest BCUT2D eigenvalue weighted by molar-refractivity contribution is 6.18. The summed E-state index contributed by atoms with van der Waals surface area (Å²) in [7, 11) is 0. The molecule has 0 N–H and O–H groups in total. The molecular formula is C15H25ClN2. The van der Waals surface area contributed by atoms with E-state index >= 15 is 0 Å². The Hall–Kier alpha value is -0.500. The normalized spacial score (nSPS) is 19.3. The number of rotatable bonds is 4. The van der Waals surface area contributed by atoms with Gasteiger partial charge >= 0.3 is 0 Å². The molecule has 1 unspecified atom stereocenters. The van der Waals surface area contributed by atoms with Gasteiger partial charge in [0.05, 0.1) is 11.7 Å². The maximum absolute atomic E-state index is 6.10. The Morgan fingerprint density at radius 3 is 2.61 bits per heavy atom. The van der Waals surface area contributed by atoms with Crippen molar-refractivity contribution in [3.8, 4) is 0 Å². The molecule has 0 amide bonds. The topological polar surface area (TPSA) is 17.8 Å². The van der Waals surface area contributed by atoms with E-state index in [0.29, 0.717) is 17.8 Å². The molecule has 0 aromatic carbocycles. The van der Waals surface area contributed by atoms with Gasteiger partial charge in [-0.3, -0.25) is 4.68 Å². The van der Waals surface area contributed by atoms with Crippen molar-refractivity contribution in [3.05, 3.63) is 18.0 Å². The lowest BCUT2D eigenvalue weighted by Crippen LogP contribution is -2.24. The Labute approximate surface area is 116 Å². The first-order valence-electron chi connectivity index (χ1n) is 7.10. The summed E-state index contributed by atoms with van der Waals surface area (Å²) in [5, 5.41) is 4.75. The zero-order valence-electron chi connectivity index (χ0n) is 11.8. The molecule has 3 heteroatoms. The molecule has 0 spiro atoms. The second-order valence-corrected chi connectivity index (χ2v) is 6.96. The van der Waals surface area contributed by atoms with E-state index in [0.717, 1.165) is 6.42 Å². The zero-order chi connectivity index (χ0) is 13.2. The first-order chi connectivity index (χ1) is 8.50. The smallest absolute Gasteiger partial charge is 0.0628 e. The van der Waals surface area contributed by atoms with Crippen LogP contribution in [-0.4, -0.2) is 15.7 Å². The molecule has 1 aliphatic rings. The first kappa shape index (κ1) is 13.9. The fourth-order valence-corrected chi connectivity index (χ4v) is 3.28. The van der Waals surface area contributed by atoms with Crippen LogP contribution in [-0.2, 0) is 6.42 Å². The molecule has 1 aromatic rings. The molecule has 0 bridgehead atoms. The number of halogens is 1. The van der Waals surface area contributed by atoms with Gasteiger partial charge in [-0.05, 0) is 36.7 Å². The van der Waals surface area contributed by atoms with Crippen molar-refractivity contribution in [1.29, 1.82) is 0 Å². The summed E-state index contributed by atoms with van der Waals surface area (Å²) in [6.07, 6.45) is 8.43. The lowest BCUT2D eigenvalue weighted by molar-refractivity contribution is 0.261. The van der Waals surface area contributed by atoms with E-state index in [1.54, 1.807) is 0 Å². The summed E-state index contributed by atoms with van der Waals surface area (Å²) in [4.78, 5) is 0. The average Bonchev–Trinajstić information content (AvgIpc) is 2.94. The van der Waals surface area contributed by atoms with E-state index < -0.39 is 0 Å². The summed E-state index contributed by atoms with van der Waals surface area (Å²) in [5.74, 6) is 1.20. The molecule has 0 saturated heterocycles. The molecule has 1 fully saturated rings. The van der Waals surface area contributed by atoms with Gasteiger partial charge in [0.2, 0.25) is 0 Å².